The van der Waals surface area contributed by atoms with Crippen LogP contribution in [0.4, 0.5) is 10.2 Å². The Balaban J connectivity index is 2.32. The van der Waals surface area contributed by atoms with Crippen molar-refractivity contribution in [3.8, 4) is 0 Å². The summed E-state index contributed by atoms with van der Waals surface area (Å²) in [5, 5.41) is 18.4. The van der Waals surface area contributed by atoms with Crippen LogP contribution in [0.25, 0.3) is 0 Å². The van der Waals surface area contributed by atoms with E-state index >= 15 is 0 Å². The molecule has 0 bridgehead atoms. The van der Waals surface area contributed by atoms with Crippen LogP contribution in [-0.2, 0) is 4.74 Å². The molecule has 4 N–H and O–H groups in total. The molecule has 1 fully saturated rings. The molecule has 1 aliphatic rings. The van der Waals surface area contributed by atoms with Gasteiger partial charge in [0.25, 0.3) is 0 Å². The molecule has 1 saturated heterocycles. The molecule has 2 heterocycles. The highest BCUT2D eigenvalue weighted by Gasteiger charge is 2.44. The molecular formula is C9H12FN3O3S. The quantitative estimate of drug-likeness (QED) is 0.637. The molecule has 0 radical (unpaired) electrons. The maximum absolute atomic E-state index is 13.8. The summed E-state index contributed by atoms with van der Waals surface area (Å²) in [5.41, 5.74) is 5.43. The van der Waals surface area contributed by atoms with Crippen LogP contribution in [0.5, 0.6) is 0 Å². The van der Waals surface area contributed by atoms with E-state index in [1.165, 1.54) is 16.8 Å². The number of alkyl halides is 1. The lowest BCUT2D eigenvalue weighted by atomic mass is 10.1. The van der Waals surface area contributed by atoms with Crippen LogP contribution in [0, 0.1) is 4.77 Å². The molecule has 1 aromatic rings. The van der Waals surface area contributed by atoms with Crippen LogP contribution in [0.1, 0.15) is 6.23 Å². The summed E-state index contributed by atoms with van der Waals surface area (Å²) >= 11 is 4.92. The summed E-state index contributed by atoms with van der Waals surface area (Å²) in [6, 6.07) is 1.45. The number of aromatic nitrogens is 2. The molecule has 0 saturated carbocycles. The van der Waals surface area contributed by atoms with Gasteiger partial charge in [-0.15, -0.1) is 0 Å². The maximum Gasteiger partial charge on any atom is 0.203 e. The van der Waals surface area contributed by atoms with Gasteiger partial charge in [-0.25, -0.2) is 9.37 Å². The van der Waals surface area contributed by atoms with Crippen molar-refractivity contribution < 1.29 is 19.3 Å². The lowest BCUT2D eigenvalue weighted by Crippen LogP contribution is -2.30. The normalized spacial score (nSPS) is 32.9. The van der Waals surface area contributed by atoms with E-state index in [0.29, 0.717) is 0 Å². The number of halogens is 1. The van der Waals surface area contributed by atoms with Crippen molar-refractivity contribution >= 4 is 18.0 Å². The van der Waals surface area contributed by atoms with Crippen molar-refractivity contribution in [2.45, 2.75) is 24.6 Å². The number of nitrogens with zero attached hydrogens (tertiary/aromatic N) is 2. The first-order valence-electron chi connectivity index (χ1n) is 4.97. The van der Waals surface area contributed by atoms with Gasteiger partial charge < -0.3 is 20.7 Å². The summed E-state index contributed by atoms with van der Waals surface area (Å²) in [5.74, 6) is 0.221. The molecule has 17 heavy (non-hydrogen) atoms. The largest absolute Gasteiger partial charge is 0.394 e. The molecule has 0 aromatic carbocycles. The first kappa shape index (κ1) is 12.4. The number of aliphatic hydroxyl groups is 2. The Morgan fingerprint density at radius 1 is 1.65 bits per heavy atom. The highest BCUT2D eigenvalue weighted by Crippen LogP contribution is 2.31. The second-order valence-corrected chi connectivity index (χ2v) is 4.09. The number of hydrogen-bond acceptors (Lipinski definition) is 6. The maximum atomic E-state index is 13.8. The molecule has 6 nitrogen and oxygen atoms in total. The second kappa shape index (κ2) is 4.65. The predicted molar refractivity (Wildman–Crippen MR) is 59.4 cm³/mol. The zero-order valence-corrected chi connectivity index (χ0v) is 9.55. The standard InChI is InChI=1S/C9H12FN3O3S/c10-6-7(15)4(3-14)16-8(6)13-2-1-5(11)12-9(13)17/h1-2,4,6-8,14-15H,3H2,(H2,11,12,17). The third-order valence-corrected chi connectivity index (χ3v) is 2.90. The van der Waals surface area contributed by atoms with Crippen molar-refractivity contribution in [3.05, 3.63) is 17.0 Å². The van der Waals surface area contributed by atoms with Gasteiger partial charge in [0.05, 0.1) is 6.61 Å². The minimum absolute atomic E-state index is 0.0587. The van der Waals surface area contributed by atoms with E-state index in [2.05, 4.69) is 4.98 Å². The molecule has 1 aliphatic heterocycles. The number of nitrogen functional groups attached to an aromatic ring is 1. The fourth-order valence-electron chi connectivity index (χ4n) is 1.70. The molecule has 2 rings (SSSR count). The lowest BCUT2D eigenvalue weighted by Gasteiger charge is -2.16. The number of hydrogen-bond donors (Lipinski definition) is 3. The molecule has 8 heteroatoms. The van der Waals surface area contributed by atoms with E-state index < -0.39 is 31.2 Å². The molecule has 94 valence electrons. The predicted octanol–water partition coefficient (Wildman–Crippen LogP) is -0.217. The Morgan fingerprint density at radius 2 is 2.35 bits per heavy atom. The summed E-state index contributed by atoms with van der Waals surface area (Å²) in [6.07, 6.45) is -3.68. The topological polar surface area (TPSA) is 93.5 Å². The Kier molecular flexibility index (Phi) is 3.38. The SMILES string of the molecule is Nc1ccn(C2OC(CO)C(O)C2F)c(=S)n1. The monoisotopic (exact) mass is 261 g/mol. The fourth-order valence-corrected chi connectivity index (χ4v) is 1.97. The summed E-state index contributed by atoms with van der Waals surface area (Å²) < 4.78 is 20.3. The Hall–Kier alpha value is -1.09. The minimum atomic E-state index is -1.68. The van der Waals surface area contributed by atoms with E-state index in [1.807, 2.05) is 0 Å². The Labute approximate surface area is 101 Å². The van der Waals surface area contributed by atoms with E-state index in [9.17, 15) is 9.50 Å². The fraction of sp³-hybridized carbons (Fsp3) is 0.556. The van der Waals surface area contributed by atoms with Crippen molar-refractivity contribution in [2.75, 3.05) is 12.3 Å². The van der Waals surface area contributed by atoms with Crippen molar-refractivity contribution in [3.63, 3.8) is 0 Å². The van der Waals surface area contributed by atoms with Crippen LogP contribution in [-0.4, -0.2) is 44.8 Å². The zero-order chi connectivity index (χ0) is 12.6. The highest BCUT2D eigenvalue weighted by molar-refractivity contribution is 7.71. The van der Waals surface area contributed by atoms with Crippen molar-refractivity contribution in [1.82, 2.24) is 9.55 Å². The molecule has 1 aromatic heterocycles. The zero-order valence-electron chi connectivity index (χ0n) is 8.73. The van der Waals surface area contributed by atoms with Crippen molar-refractivity contribution in [2.24, 2.45) is 0 Å². The average Bonchev–Trinajstić information content (AvgIpc) is 2.57. The minimum Gasteiger partial charge on any atom is -0.394 e. The number of ether oxygens (including phenoxy) is 1. The number of rotatable bonds is 2. The molecule has 0 aliphatic carbocycles. The van der Waals surface area contributed by atoms with Crippen LogP contribution >= 0.6 is 12.2 Å². The number of aliphatic hydroxyl groups excluding tert-OH is 2. The third kappa shape index (κ3) is 2.16. The molecular weight excluding hydrogens is 249 g/mol. The summed E-state index contributed by atoms with van der Waals surface area (Å²) in [4.78, 5) is 3.79. The van der Waals surface area contributed by atoms with Crippen LogP contribution < -0.4 is 5.73 Å². The molecule has 0 spiro atoms. The van der Waals surface area contributed by atoms with Crippen LogP contribution in [0.15, 0.2) is 12.3 Å². The highest BCUT2D eigenvalue weighted by atomic mass is 32.1. The van der Waals surface area contributed by atoms with Crippen LogP contribution in [0.3, 0.4) is 0 Å². The second-order valence-electron chi connectivity index (χ2n) is 3.72. The Morgan fingerprint density at radius 3 is 2.88 bits per heavy atom. The third-order valence-electron chi connectivity index (χ3n) is 2.60. The van der Waals surface area contributed by atoms with Gasteiger partial charge in [0.15, 0.2) is 12.4 Å². The van der Waals surface area contributed by atoms with Gasteiger partial charge >= 0.3 is 0 Å². The molecule has 0 amide bonds. The van der Waals surface area contributed by atoms with E-state index in [1.54, 1.807) is 0 Å². The van der Waals surface area contributed by atoms with Gasteiger partial charge in [0.1, 0.15) is 18.0 Å². The van der Waals surface area contributed by atoms with E-state index in [-0.39, 0.29) is 10.6 Å². The molecule has 4 atom stereocenters. The van der Waals surface area contributed by atoms with Gasteiger partial charge in [-0.2, -0.15) is 0 Å². The number of nitrogens with two attached hydrogens (primary N) is 1. The van der Waals surface area contributed by atoms with E-state index in [0.717, 1.165) is 0 Å². The first-order chi connectivity index (χ1) is 8.04. The smallest absolute Gasteiger partial charge is 0.203 e. The van der Waals surface area contributed by atoms with Gasteiger partial charge in [-0.05, 0) is 18.3 Å². The average molecular weight is 261 g/mol. The number of anilines is 1. The first-order valence-corrected chi connectivity index (χ1v) is 5.38. The van der Waals surface area contributed by atoms with Gasteiger partial charge in [-0.3, -0.25) is 4.57 Å². The van der Waals surface area contributed by atoms with Crippen molar-refractivity contribution in [1.29, 1.82) is 0 Å². The summed E-state index contributed by atoms with van der Waals surface area (Å²) in [7, 11) is 0. The Bertz CT molecular complexity index is 469. The van der Waals surface area contributed by atoms with Gasteiger partial charge in [0, 0.05) is 6.20 Å². The van der Waals surface area contributed by atoms with E-state index in [4.69, 9.17) is 27.8 Å². The lowest BCUT2D eigenvalue weighted by molar-refractivity contribution is -0.0483. The van der Waals surface area contributed by atoms with Gasteiger partial charge in [-0.1, -0.05) is 0 Å². The van der Waals surface area contributed by atoms with Crippen LogP contribution in [0.2, 0.25) is 0 Å². The molecule has 4 unspecified atom stereocenters. The van der Waals surface area contributed by atoms with Gasteiger partial charge in [0.2, 0.25) is 4.77 Å². The summed E-state index contributed by atoms with van der Waals surface area (Å²) in [6.45, 7) is -0.464.